The number of para-hydroxylation sites is 1. The summed E-state index contributed by atoms with van der Waals surface area (Å²) in [7, 11) is 3.77. The van der Waals surface area contributed by atoms with Gasteiger partial charge in [0.25, 0.3) is 0 Å². The standard InChI is InChI=1S/C25H24N2O4.C2H6/c1-27-10-9-24-19-13-7-8-17(28)22(19)31-23(24)20-15(12-25(24,29)18(27)11-13)21(30-2)14-5-3-4-6-16(14)26-20;1-2/h3-8,18,23,28-29H,9-12H2,1-2H3;1-2H3/t18-,23?,24+,25?;/m1./s1. The van der Waals surface area contributed by atoms with Crippen LogP contribution in [0.3, 0.4) is 0 Å². The number of methoxy groups -OCH3 is 1. The third-order valence-electron chi connectivity index (χ3n) is 8.35. The number of rotatable bonds is 1. The van der Waals surface area contributed by atoms with Crippen molar-refractivity contribution in [3.05, 3.63) is 58.8 Å². The third kappa shape index (κ3) is 2.28. The number of aliphatic hydroxyl groups is 1. The summed E-state index contributed by atoms with van der Waals surface area (Å²) in [6, 6.07) is 11.6. The Kier molecular flexibility index (Phi) is 4.30. The number of piperidine rings is 1. The van der Waals surface area contributed by atoms with Gasteiger partial charge in [-0.2, -0.15) is 0 Å². The number of aromatic hydroxyl groups is 1. The molecular formula is C27H30N2O4. The Morgan fingerprint density at radius 2 is 1.97 bits per heavy atom. The molecule has 4 atom stereocenters. The molecule has 1 spiro atoms. The van der Waals surface area contributed by atoms with E-state index >= 15 is 0 Å². The first kappa shape index (κ1) is 20.8. The van der Waals surface area contributed by atoms with Crippen LogP contribution in [0.5, 0.6) is 17.2 Å². The van der Waals surface area contributed by atoms with Crippen LogP contribution in [0.4, 0.5) is 0 Å². The van der Waals surface area contributed by atoms with Crippen LogP contribution in [0.15, 0.2) is 36.4 Å². The second-order valence-corrected chi connectivity index (χ2v) is 9.49. The first-order valence-corrected chi connectivity index (χ1v) is 11.9. The van der Waals surface area contributed by atoms with Crippen molar-refractivity contribution in [1.82, 2.24) is 9.88 Å². The molecule has 2 aromatic carbocycles. The van der Waals surface area contributed by atoms with E-state index in [0.29, 0.717) is 12.2 Å². The minimum absolute atomic E-state index is 0.0420. The van der Waals surface area contributed by atoms with Gasteiger partial charge in [-0.1, -0.05) is 32.0 Å². The Hall–Kier alpha value is -2.83. The van der Waals surface area contributed by atoms with Gasteiger partial charge in [0.1, 0.15) is 5.75 Å². The molecule has 2 bridgehead atoms. The highest BCUT2D eigenvalue weighted by atomic mass is 16.5. The molecule has 33 heavy (non-hydrogen) atoms. The Balaban J connectivity index is 0.00000101. The number of phenols is 1. The zero-order valence-electron chi connectivity index (χ0n) is 19.6. The fraction of sp³-hybridized carbons (Fsp3) is 0.444. The Bertz CT molecular complexity index is 1290. The van der Waals surface area contributed by atoms with Gasteiger partial charge in [0.05, 0.1) is 29.3 Å². The summed E-state index contributed by atoms with van der Waals surface area (Å²) in [5, 5.41) is 24.2. The van der Waals surface area contributed by atoms with Gasteiger partial charge in [-0.05, 0) is 50.2 Å². The van der Waals surface area contributed by atoms with E-state index in [1.54, 1.807) is 13.2 Å². The molecule has 0 amide bonds. The number of phenolic OH excluding ortho intramolecular Hbond substituents is 1. The summed E-state index contributed by atoms with van der Waals surface area (Å²) in [6.45, 7) is 4.86. The molecule has 0 radical (unpaired) electrons. The normalized spacial score (nSPS) is 30.6. The zero-order chi connectivity index (χ0) is 23.1. The van der Waals surface area contributed by atoms with Gasteiger partial charge < -0.3 is 24.6 Å². The molecular weight excluding hydrogens is 416 g/mol. The minimum atomic E-state index is -1.04. The van der Waals surface area contributed by atoms with Crippen LogP contribution < -0.4 is 9.47 Å². The van der Waals surface area contributed by atoms with Crippen LogP contribution in [-0.2, 0) is 18.3 Å². The lowest BCUT2D eigenvalue weighted by Gasteiger charge is -2.62. The Morgan fingerprint density at radius 3 is 2.76 bits per heavy atom. The summed E-state index contributed by atoms with van der Waals surface area (Å²) in [5.41, 5.74) is 3.08. The van der Waals surface area contributed by atoms with Gasteiger partial charge in [0, 0.05) is 29.0 Å². The third-order valence-corrected chi connectivity index (χ3v) is 8.35. The van der Waals surface area contributed by atoms with Crippen molar-refractivity contribution in [2.24, 2.45) is 0 Å². The van der Waals surface area contributed by atoms with Crippen LogP contribution in [0.2, 0.25) is 0 Å². The summed E-state index contributed by atoms with van der Waals surface area (Å²) in [5.74, 6) is 1.42. The van der Waals surface area contributed by atoms with Gasteiger partial charge in [0.2, 0.25) is 0 Å². The zero-order valence-corrected chi connectivity index (χ0v) is 19.6. The van der Waals surface area contributed by atoms with Gasteiger partial charge in [0.15, 0.2) is 17.6 Å². The lowest BCUT2D eigenvalue weighted by Crippen LogP contribution is -2.74. The van der Waals surface area contributed by atoms with E-state index in [1.165, 1.54) is 0 Å². The molecule has 2 unspecified atom stereocenters. The summed E-state index contributed by atoms with van der Waals surface area (Å²) >= 11 is 0. The fourth-order valence-corrected chi connectivity index (χ4v) is 7.05. The molecule has 3 aromatic rings. The number of hydrogen-bond acceptors (Lipinski definition) is 6. The number of fused-ring (bicyclic) bond motifs is 3. The maximum Gasteiger partial charge on any atom is 0.166 e. The molecule has 2 aliphatic heterocycles. The quantitative estimate of drug-likeness (QED) is 0.591. The maximum atomic E-state index is 12.5. The van der Waals surface area contributed by atoms with Crippen LogP contribution in [0.1, 0.15) is 48.8 Å². The SMILES string of the molecule is CC.COc1c2c(nc3ccccc13)C1Oc3c(O)ccc4c3[C@@]13CCN(C)[C@H](C4)C3(O)C2. The number of likely N-dealkylation sites (tertiary alicyclic amines) is 1. The number of likely N-dealkylation sites (N-methyl/N-ethyl adjacent to an activating group) is 1. The molecule has 7 rings (SSSR count). The Labute approximate surface area is 193 Å². The monoisotopic (exact) mass is 446 g/mol. The molecule has 2 N–H and O–H groups in total. The molecule has 4 aliphatic rings. The molecule has 2 aliphatic carbocycles. The molecule has 0 saturated carbocycles. The van der Waals surface area contributed by atoms with Crippen LogP contribution in [0.25, 0.3) is 10.9 Å². The molecule has 1 fully saturated rings. The smallest absolute Gasteiger partial charge is 0.166 e. The highest BCUT2D eigenvalue weighted by Gasteiger charge is 2.72. The van der Waals surface area contributed by atoms with Crippen molar-refractivity contribution in [1.29, 1.82) is 0 Å². The lowest BCUT2D eigenvalue weighted by molar-refractivity contribution is -0.168. The van der Waals surface area contributed by atoms with Gasteiger partial charge in [-0.3, -0.25) is 0 Å². The second kappa shape index (κ2) is 6.84. The predicted molar refractivity (Wildman–Crippen MR) is 126 cm³/mol. The van der Waals surface area contributed by atoms with Crippen molar-refractivity contribution in [2.75, 3.05) is 20.7 Å². The van der Waals surface area contributed by atoms with Crippen molar-refractivity contribution >= 4 is 10.9 Å². The van der Waals surface area contributed by atoms with Gasteiger partial charge >= 0.3 is 0 Å². The average Bonchev–Trinajstić information content (AvgIpc) is 3.19. The largest absolute Gasteiger partial charge is 0.504 e. The molecule has 6 heteroatoms. The predicted octanol–water partition coefficient (Wildman–Crippen LogP) is 3.89. The number of aromatic nitrogens is 1. The number of ether oxygens (including phenoxy) is 2. The lowest BCUT2D eigenvalue weighted by atomic mass is 9.49. The van der Waals surface area contributed by atoms with Crippen molar-refractivity contribution in [3.63, 3.8) is 0 Å². The summed E-state index contributed by atoms with van der Waals surface area (Å²) in [6.07, 6.45) is 1.47. The van der Waals surface area contributed by atoms with E-state index in [9.17, 15) is 10.2 Å². The van der Waals surface area contributed by atoms with Crippen LogP contribution >= 0.6 is 0 Å². The highest BCUT2D eigenvalue weighted by Crippen LogP contribution is 2.69. The first-order valence-electron chi connectivity index (χ1n) is 11.9. The average molecular weight is 447 g/mol. The van der Waals surface area contributed by atoms with Gasteiger partial charge in [-0.15, -0.1) is 0 Å². The molecule has 1 aromatic heterocycles. The number of hydrogen-bond donors (Lipinski definition) is 2. The van der Waals surface area contributed by atoms with Crippen molar-refractivity contribution < 1.29 is 19.7 Å². The highest BCUT2D eigenvalue weighted by molar-refractivity contribution is 5.87. The van der Waals surface area contributed by atoms with Crippen LogP contribution in [-0.4, -0.2) is 52.4 Å². The van der Waals surface area contributed by atoms with E-state index in [2.05, 4.69) is 11.9 Å². The van der Waals surface area contributed by atoms with Crippen molar-refractivity contribution in [3.8, 4) is 17.2 Å². The molecule has 1 saturated heterocycles. The first-order chi connectivity index (χ1) is 16.0. The second-order valence-electron chi connectivity index (χ2n) is 9.49. The fourth-order valence-electron chi connectivity index (χ4n) is 7.05. The number of pyridine rings is 1. The summed E-state index contributed by atoms with van der Waals surface area (Å²) < 4.78 is 12.4. The molecule has 172 valence electrons. The van der Waals surface area contributed by atoms with E-state index in [4.69, 9.17) is 14.5 Å². The van der Waals surface area contributed by atoms with Crippen LogP contribution in [0, 0.1) is 0 Å². The number of nitrogens with zero attached hydrogens (tertiary/aromatic N) is 2. The minimum Gasteiger partial charge on any atom is -0.504 e. The van der Waals surface area contributed by atoms with Crippen molar-refractivity contribution in [2.45, 2.75) is 56.3 Å². The van der Waals surface area contributed by atoms with E-state index in [-0.39, 0.29) is 11.8 Å². The molecule has 6 nitrogen and oxygen atoms in total. The van der Waals surface area contributed by atoms with Gasteiger partial charge in [-0.25, -0.2) is 4.98 Å². The Morgan fingerprint density at radius 1 is 1.18 bits per heavy atom. The summed E-state index contributed by atoms with van der Waals surface area (Å²) in [4.78, 5) is 7.33. The number of benzene rings is 2. The van der Waals surface area contributed by atoms with E-state index in [0.717, 1.165) is 58.4 Å². The van der Waals surface area contributed by atoms with E-state index in [1.807, 2.05) is 44.2 Å². The van der Waals surface area contributed by atoms with E-state index < -0.39 is 17.1 Å². The maximum absolute atomic E-state index is 12.5. The molecule has 3 heterocycles. The topological polar surface area (TPSA) is 75.0 Å².